The van der Waals surface area contributed by atoms with E-state index in [1.165, 1.54) is 35.3 Å². The summed E-state index contributed by atoms with van der Waals surface area (Å²) in [6.07, 6.45) is 2.59. The summed E-state index contributed by atoms with van der Waals surface area (Å²) in [7, 11) is 0. The summed E-state index contributed by atoms with van der Waals surface area (Å²) in [5.41, 5.74) is 3.62. The molecular formula is C15H18N2OS. The van der Waals surface area contributed by atoms with Crippen LogP contribution >= 0.6 is 11.3 Å². The number of aromatic nitrogens is 1. The molecule has 1 saturated carbocycles. The van der Waals surface area contributed by atoms with Crippen LogP contribution < -0.4 is 10.2 Å². The topological polar surface area (TPSA) is 44.9 Å². The first-order chi connectivity index (χ1) is 9.22. The summed E-state index contributed by atoms with van der Waals surface area (Å²) < 4.78 is 0. The Morgan fingerprint density at radius 2 is 2.11 bits per heavy atom. The van der Waals surface area contributed by atoms with Gasteiger partial charge in [-0.15, -0.1) is 0 Å². The average molecular weight is 274 g/mol. The number of benzene rings is 1. The fourth-order valence-electron chi connectivity index (χ4n) is 2.38. The molecule has 1 aromatic carbocycles. The van der Waals surface area contributed by atoms with Crippen LogP contribution in [0.15, 0.2) is 34.4 Å². The van der Waals surface area contributed by atoms with Crippen molar-refractivity contribution in [1.82, 2.24) is 10.3 Å². The van der Waals surface area contributed by atoms with E-state index in [1.807, 2.05) is 5.38 Å². The van der Waals surface area contributed by atoms with Crippen molar-refractivity contribution in [2.24, 2.45) is 5.92 Å². The second kappa shape index (κ2) is 5.31. The summed E-state index contributed by atoms with van der Waals surface area (Å²) in [5, 5.41) is 5.48. The van der Waals surface area contributed by atoms with Gasteiger partial charge in [0.25, 0.3) is 0 Å². The Balaban J connectivity index is 1.71. The van der Waals surface area contributed by atoms with E-state index >= 15 is 0 Å². The molecule has 0 radical (unpaired) electrons. The average Bonchev–Trinajstić information content (AvgIpc) is 3.15. The Morgan fingerprint density at radius 3 is 2.68 bits per heavy atom. The Kier molecular flexibility index (Phi) is 3.53. The third-order valence-electron chi connectivity index (χ3n) is 3.61. The molecule has 4 heteroatoms. The summed E-state index contributed by atoms with van der Waals surface area (Å²) in [6, 6.07) is 9.16. The highest BCUT2D eigenvalue weighted by Gasteiger charge is 2.31. The highest BCUT2D eigenvalue weighted by atomic mass is 32.1. The molecule has 2 N–H and O–H groups in total. The smallest absolute Gasteiger partial charge is 0.304 e. The monoisotopic (exact) mass is 274 g/mol. The van der Waals surface area contributed by atoms with Crippen molar-refractivity contribution in [2.45, 2.75) is 32.4 Å². The lowest BCUT2D eigenvalue weighted by Gasteiger charge is -2.18. The zero-order valence-electron chi connectivity index (χ0n) is 11.0. The summed E-state index contributed by atoms with van der Waals surface area (Å²) in [4.78, 5) is 14.0. The van der Waals surface area contributed by atoms with Crippen LogP contribution in [-0.2, 0) is 6.54 Å². The molecule has 1 atom stereocenters. The van der Waals surface area contributed by atoms with Gasteiger partial charge in [-0.2, -0.15) is 0 Å². The van der Waals surface area contributed by atoms with Gasteiger partial charge in [0.15, 0.2) is 0 Å². The molecule has 3 rings (SSSR count). The number of hydrogen-bond donors (Lipinski definition) is 2. The minimum atomic E-state index is 0.0232. The van der Waals surface area contributed by atoms with E-state index in [0.717, 1.165) is 18.2 Å². The molecule has 0 spiro atoms. The van der Waals surface area contributed by atoms with Gasteiger partial charge in [-0.1, -0.05) is 41.2 Å². The van der Waals surface area contributed by atoms with Crippen molar-refractivity contribution in [2.75, 3.05) is 0 Å². The first-order valence-corrected chi connectivity index (χ1v) is 7.57. The molecule has 0 bridgehead atoms. The lowest BCUT2D eigenvalue weighted by atomic mass is 10.0. The second-order valence-corrected chi connectivity index (χ2v) is 6.12. The van der Waals surface area contributed by atoms with E-state index in [-0.39, 0.29) is 4.87 Å². The predicted octanol–water partition coefficient (Wildman–Crippen LogP) is 2.99. The van der Waals surface area contributed by atoms with Crippen molar-refractivity contribution < 1.29 is 0 Å². The lowest BCUT2D eigenvalue weighted by molar-refractivity contribution is 0.477. The van der Waals surface area contributed by atoms with Gasteiger partial charge in [-0.25, -0.2) is 0 Å². The first kappa shape index (κ1) is 12.6. The maximum Gasteiger partial charge on any atom is 0.304 e. The van der Waals surface area contributed by atoms with Crippen LogP contribution in [-0.4, -0.2) is 4.98 Å². The highest BCUT2D eigenvalue weighted by molar-refractivity contribution is 7.07. The molecule has 0 aliphatic heterocycles. The Morgan fingerprint density at radius 1 is 1.37 bits per heavy atom. The highest BCUT2D eigenvalue weighted by Crippen LogP contribution is 2.41. The van der Waals surface area contributed by atoms with E-state index in [2.05, 4.69) is 41.5 Å². The zero-order valence-corrected chi connectivity index (χ0v) is 11.8. The van der Waals surface area contributed by atoms with Crippen molar-refractivity contribution in [3.05, 3.63) is 56.1 Å². The number of nitrogens with one attached hydrogen (secondary N) is 2. The van der Waals surface area contributed by atoms with Gasteiger partial charge in [-0.3, -0.25) is 4.79 Å². The van der Waals surface area contributed by atoms with Crippen molar-refractivity contribution in [3.63, 3.8) is 0 Å². The molecule has 19 heavy (non-hydrogen) atoms. The number of H-pyrrole nitrogens is 1. The van der Waals surface area contributed by atoms with Crippen LogP contribution in [0.1, 0.15) is 35.7 Å². The van der Waals surface area contributed by atoms with E-state index in [9.17, 15) is 4.79 Å². The van der Waals surface area contributed by atoms with E-state index in [1.54, 1.807) is 0 Å². The molecular weight excluding hydrogens is 256 g/mol. The Labute approximate surface area is 116 Å². The number of hydrogen-bond acceptors (Lipinski definition) is 3. The second-order valence-electron chi connectivity index (χ2n) is 5.28. The SMILES string of the molecule is Cc1ccc(C(NCc2csc(=O)[nH]2)C2CC2)cc1. The fourth-order valence-corrected chi connectivity index (χ4v) is 2.96. The molecule has 1 fully saturated rings. The van der Waals surface area contributed by atoms with Gasteiger partial charge in [-0.05, 0) is 31.2 Å². The van der Waals surface area contributed by atoms with Crippen LogP contribution in [0.5, 0.6) is 0 Å². The molecule has 100 valence electrons. The van der Waals surface area contributed by atoms with Crippen molar-refractivity contribution in [1.29, 1.82) is 0 Å². The normalized spacial score (nSPS) is 16.5. The third kappa shape index (κ3) is 3.14. The zero-order chi connectivity index (χ0) is 13.2. The van der Waals surface area contributed by atoms with Crippen LogP contribution in [0.2, 0.25) is 0 Å². The fraction of sp³-hybridized carbons (Fsp3) is 0.400. The molecule has 2 aromatic rings. The Bertz CT molecular complexity index is 595. The number of rotatable bonds is 5. The lowest BCUT2D eigenvalue weighted by Crippen LogP contribution is -2.23. The van der Waals surface area contributed by atoms with Crippen LogP contribution in [0, 0.1) is 12.8 Å². The van der Waals surface area contributed by atoms with Gasteiger partial charge < -0.3 is 10.3 Å². The molecule has 1 aromatic heterocycles. The molecule has 1 unspecified atom stereocenters. The maximum atomic E-state index is 11.1. The predicted molar refractivity (Wildman–Crippen MR) is 78.4 cm³/mol. The minimum Gasteiger partial charge on any atom is -0.315 e. The molecule has 1 heterocycles. The van der Waals surface area contributed by atoms with Gasteiger partial charge >= 0.3 is 4.87 Å². The minimum absolute atomic E-state index is 0.0232. The first-order valence-electron chi connectivity index (χ1n) is 6.69. The molecule has 1 aliphatic rings. The quantitative estimate of drug-likeness (QED) is 0.880. The van der Waals surface area contributed by atoms with Crippen LogP contribution in [0.4, 0.5) is 0 Å². The number of aromatic amines is 1. The molecule has 0 saturated heterocycles. The van der Waals surface area contributed by atoms with Gasteiger partial charge in [0.05, 0.1) is 0 Å². The van der Waals surface area contributed by atoms with Crippen LogP contribution in [0.3, 0.4) is 0 Å². The molecule has 3 nitrogen and oxygen atoms in total. The third-order valence-corrected chi connectivity index (χ3v) is 4.33. The molecule has 1 aliphatic carbocycles. The van der Waals surface area contributed by atoms with Crippen LogP contribution in [0.25, 0.3) is 0 Å². The summed E-state index contributed by atoms with van der Waals surface area (Å²) in [6.45, 7) is 2.84. The van der Waals surface area contributed by atoms with E-state index in [0.29, 0.717) is 6.04 Å². The number of aryl methyl sites for hydroxylation is 1. The van der Waals surface area contributed by atoms with Gasteiger partial charge in [0.1, 0.15) is 0 Å². The standard InChI is InChI=1S/C15H18N2OS/c1-10-2-4-11(5-3-10)14(12-6-7-12)16-8-13-9-19-15(18)17-13/h2-5,9,12,14,16H,6-8H2,1H3,(H,17,18). The van der Waals surface area contributed by atoms with E-state index in [4.69, 9.17) is 0 Å². The Hall–Kier alpha value is -1.39. The molecule has 0 amide bonds. The summed E-state index contributed by atoms with van der Waals surface area (Å²) in [5.74, 6) is 0.744. The summed E-state index contributed by atoms with van der Waals surface area (Å²) >= 11 is 1.23. The largest absolute Gasteiger partial charge is 0.315 e. The van der Waals surface area contributed by atoms with Crippen molar-refractivity contribution >= 4 is 11.3 Å². The van der Waals surface area contributed by atoms with Gasteiger partial charge in [0, 0.05) is 23.7 Å². The van der Waals surface area contributed by atoms with E-state index < -0.39 is 0 Å². The van der Waals surface area contributed by atoms with Crippen molar-refractivity contribution in [3.8, 4) is 0 Å². The van der Waals surface area contributed by atoms with Gasteiger partial charge in [0.2, 0.25) is 0 Å². The number of thiazole rings is 1. The maximum absolute atomic E-state index is 11.1.